The number of aliphatic imine (C=N–C) groups is 1. The topological polar surface area (TPSA) is 85.4 Å². The summed E-state index contributed by atoms with van der Waals surface area (Å²) in [6.45, 7) is 1.94. The predicted molar refractivity (Wildman–Crippen MR) is 124 cm³/mol. The highest BCUT2D eigenvalue weighted by molar-refractivity contribution is 8.03. The number of ketones is 1. The number of alkyl halides is 4. The molecule has 0 aliphatic carbocycles. The van der Waals surface area contributed by atoms with Crippen molar-refractivity contribution < 1.29 is 31.0 Å². The molecule has 1 saturated heterocycles. The molecule has 4 atom stereocenters. The fraction of sp³-hybridized carbons (Fsp3) is 0.417. The molecule has 3 heterocycles. The molecule has 35 heavy (non-hydrogen) atoms. The van der Waals surface area contributed by atoms with Crippen molar-refractivity contribution >= 4 is 27.0 Å². The highest BCUT2D eigenvalue weighted by Gasteiger charge is 2.61. The number of pyridine rings is 1. The van der Waals surface area contributed by atoms with E-state index >= 15 is 4.39 Å². The Morgan fingerprint density at radius 3 is 2.60 bits per heavy atom. The monoisotopic (exact) mass is 513 g/mol. The minimum atomic E-state index is -4.59. The van der Waals surface area contributed by atoms with Gasteiger partial charge in [0.1, 0.15) is 34.3 Å². The van der Waals surface area contributed by atoms with Gasteiger partial charge in [0.25, 0.3) is 0 Å². The van der Waals surface area contributed by atoms with Gasteiger partial charge in [0.15, 0.2) is 5.78 Å². The van der Waals surface area contributed by atoms with Crippen LogP contribution in [-0.2, 0) is 27.7 Å². The number of nitrogens with zero attached hydrogens (tertiary/aromatic N) is 2. The van der Waals surface area contributed by atoms with Gasteiger partial charge in [-0.15, -0.1) is 0 Å². The maximum absolute atomic E-state index is 15.1. The molecular formula is C24H24F5N3O2S. The standard InChI is InChI=1S/C24H24F5N3O2S/c1-13-8-15(24(27,28)29)11-31-20(13)18(33)10-14-4-5-17(26)16(9-14)22(2)19-6-7-23(12-25,21(30)32-22)35(19,3)34/h4-5,8-9,11,19H,3,6-7,10,12H2,1-2H3,(H2,30,32)/t19?,22-,23+,35?/m1/s1. The fourth-order valence-electron chi connectivity index (χ4n) is 5.20. The number of rotatable bonds is 5. The Kier molecular flexibility index (Phi) is 5.86. The number of halogens is 5. The van der Waals surface area contributed by atoms with E-state index in [9.17, 15) is 26.6 Å². The number of aromatic nitrogens is 1. The smallest absolute Gasteiger partial charge is 0.386 e. The molecule has 0 saturated carbocycles. The van der Waals surface area contributed by atoms with Gasteiger partial charge in [-0.1, -0.05) is 6.07 Å². The molecule has 2 N–H and O–H groups in total. The van der Waals surface area contributed by atoms with Crippen molar-refractivity contribution in [2.24, 2.45) is 10.7 Å². The van der Waals surface area contributed by atoms with Gasteiger partial charge in [-0.25, -0.2) is 8.78 Å². The first-order valence-corrected chi connectivity index (χ1v) is 12.6. The van der Waals surface area contributed by atoms with E-state index in [4.69, 9.17) is 5.73 Å². The number of nitrogens with two attached hydrogens (primary N) is 1. The van der Waals surface area contributed by atoms with Crippen molar-refractivity contribution in [3.63, 3.8) is 0 Å². The lowest BCUT2D eigenvalue weighted by Crippen LogP contribution is -2.58. The number of hydrogen-bond acceptors (Lipinski definition) is 5. The molecule has 1 aromatic carbocycles. The zero-order chi connectivity index (χ0) is 26.0. The molecular weight excluding hydrogens is 489 g/mol. The van der Waals surface area contributed by atoms with E-state index < -0.39 is 55.1 Å². The summed E-state index contributed by atoms with van der Waals surface area (Å²) in [5, 5.41) is -0.766. The van der Waals surface area contributed by atoms with Crippen LogP contribution in [0.4, 0.5) is 22.0 Å². The van der Waals surface area contributed by atoms with E-state index in [2.05, 4.69) is 15.8 Å². The van der Waals surface area contributed by atoms with Crippen molar-refractivity contribution in [3.8, 4) is 0 Å². The molecule has 2 aliphatic heterocycles. The first-order chi connectivity index (χ1) is 16.2. The normalized spacial score (nSPS) is 30.3. The van der Waals surface area contributed by atoms with Gasteiger partial charge in [0, 0.05) is 18.2 Å². The van der Waals surface area contributed by atoms with Gasteiger partial charge in [-0.2, -0.15) is 13.2 Å². The molecule has 1 aromatic heterocycles. The van der Waals surface area contributed by atoms with Crippen LogP contribution in [0.25, 0.3) is 0 Å². The van der Waals surface area contributed by atoms with E-state index in [-0.39, 0.29) is 41.9 Å². The van der Waals surface area contributed by atoms with Crippen LogP contribution in [0.5, 0.6) is 0 Å². The van der Waals surface area contributed by atoms with Crippen LogP contribution in [0.1, 0.15) is 52.5 Å². The fourth-order valence-corrected chi connectivity index (χ4v) is 8.21. The molecule has 188 valence electrons. The second kappa shape index (κ2) is 8.11. The van der Waals surface area contributed by atoms with Gasteiger partial charge in [-0.05, 0) is 71.4 Å². The Morgan fingerprint density at radius 2 is 2.00 bits per heavy atom. The zero-order valence-corrected chi connectivity index (χ0v) is 19.9. The highest BCUT2D eigenvalue weighted by Crippen LogP contribution is 2.52. The van der Waals surface area contributed by atoms with Crippen LogP contribution in [0.15, 0.2) is 35.5 Å². The van der Waals surface area contributed by atoms with Crippen LogP contribution in [-0.4, -0.2) is 43.4 Å². The number of benzene rings is 1. The number of hydrogen-bond donors (Lipinski definition) is 1. The molecule has 4 rings (SSSR count). The number of carbonyl (C=O) groups excluding carboxylic acids is 1. The molecule has 0 amide bonds. The Morgan fingerprint density at radius 1 is 1.31 bits per heavy atom. The molecule has 5 nitrogen and oxygen atoms in total. The summed E-state index contributed by atoms with van der Waals surface area (Å²) < 4.78 is 79.9. The minimum Gasteiger partial charge on any atom is -0.386 e. The number of carbonyl (C=O) groups is 1. The lowest BCUT2D eigenvalue weighted by atomic mass is 9.85. The Hall–Kier alpha value is -2.82. The number of fused-ring (bicyclic) bond motifs is 2. The SMILES string of the molecule is C=S1(=O)C2CC[C@]1(CF)C(N)=N[C@]2(C)c1cc(CC(=O)c2ncc(C(F)(F)F)cc2C)ccc1F. The van der Waals surface area contributed by atoms with E-state index in [1.807, 2.05) is 0 Å². The van der Waals surface area contributed by atoms with Crippen LogP contribution < -0.4 is 5.73 Å². The summed E-state index contributed by atoms with van der Waals surface area (Å²) >= 11 is 0. The number of amidine groups is 1. The molecule has 0 spiro atoms. The van der Waals surface area contributed by atoms with Gasteiger partial charge >= 0.3 is 6.18 Å². The van der Waals surface area contributed by atoms with Crippen LogP contribution in [0, 0.1) is 12.7 Å². The molecule has 1 fully saturated rings. The predicted octanol–water partition coefficient (Wildman–Crippen LogP) is 4.15. The summed E-state index contributed by atoms with van der Waals surface area (Å²) in [6, 6.07) is 4.76. The van der Waals surface area contributed by atoms with Gasteiger partial charge < -0.3 is 5.73 Å². The van der Waals surface area contributed by atoms with Crippen LogP contribution >= 0.6 is 0 Å². The maximum atomic E-state index is 15.1. The van der Waals surface area contributed by atoms with Crippen LogP contribution in [0.2, 0.25) is 0 Å². The van der Waals surface area contributed by atoms with Gasteiger partial charge in [0.05, 0.1) is 10.8 Å². The van der Waals surface area contributed by atoms with Crippen molar-refractivity contribution in [2.75, 3.05) is 6.67 Å². The van der Waals surface area contributed by atoms with Crippen molar-refractivity contribution in [1.29, 1.82) is 0 Å². The van der Waals surface area contributed by atoms with E-state index in [1.165, 1.54) is 19.1 Å². The molecule has 2 unspecified atom stereocenters. The van der Waals surface area contributed by atoms with E-state index in [1.54, 1.807) is 6.92 Å². The zero-order valence-electron chi connectivity index (χ0n) is 19.1. The average molecular weight is 514 g/mol. The molecule has 2 aromatic rings. The number of aryl methyl sites for hydroxylation is 1. The summed E-state index contributed by atoms with van der Waals surface area (Å²) in [4.78, 5) is 21.0. The molecule has 0 radical (unpaired) electrons. The van der Waals surface area contributed by atoms with E-state index in [0.29, 0.717) is 11.8 Å². The molecule has 2 bridgehead atoms. The Balaban J connectivity index is 1.71. The summed E-state index contributed by atoms with van der Waals surface area (Å²) in [5.74, 6) is 2.42. The highest BCUT2D eigenvalue weighted by atomic mass is 32.2. The second-order valence-electron chi connectivity index (χ2n) is 9.33. The summed E-state index contributed by atoms with van der Waals surface area (Å²) in [7, 11) is -3.13. The summed E-state index contributed by atoms with van der Waals surface area (Å²) in [6.07, 6.45) is -3.79. The largest absolute Gasteiger partial charge is 0.417 e. The van der Waals surface area contributed by atoms with Gasteiger partial charge in [0.2, 0.25) is 0 Å². The maximum Gasteiger partial charge on any atom is 0.417 e. The Labute approximate surface area is 199 Å². The third-order valence-corrected chi connectivity index (χ3v) is 10.7. The lowest BCUT2D eigenvalue weighted by molar-refractivity contribution is -0.137. The number of Topliss-reactive ketones (excluding diaryl/α,β-unsaturated/α-hetero) is 1. The minimum absolute atomic E-state index is 0.0404. The first kappa shape index (κ1) is 25.3. The quantitative estimate of drug-likeness (QED) is 0.370. The van der Waals surface area contributed by atoms with Crippen molar-refractivity contribution in [2.45, 2.75) is 54.8 Å². The second-order valence-corrected chi connectivity index (χ2v) is 12.1. The third kappa shape index (κ3) is 3.75. The van der Waals surface area contributed by atoms with Crippen LogP contribution in [0.3, 0.4) is 0 Å². The molecule has 11 heteroatoms. The first-order valence-electron chi connectivity index (χ1n) is 10.8. The Bertz CT molecular complexity index is 1360. The van der Waals surface area contributed by atoms with Crippen molar-refractivity contribution in [3.05, 3.63) is 64.2 Å². The lowest BCUT2D eigenvalue weighted by Gasteiger charge is -2.42. The average Bonchev–Trinajstić information content (AvgIpc) is 2.97. The third-order valence-electron chi connectivity index (χ3n) is 7.20. The summed E-state index contributed by atoms with van der Waals surface area (Å²) in [5.41, 5.74) is 4.06. The van der Waals surface area contributed by atoms with Crippen molar-refractivity contribution in [1.82, 2.24) is 4.98 Å². The van der Waals surface area contributed by atoms with Gasteiger partial charge in [-0.3, -0.25) is 19.0 Å². The molecule has 2 aliphatic rings. The van der Waals surface area contributed by atoms with E-state index in [0.717, 1.165) is 12.1 Å².